The van der Waals surface area contributed by atoms with E-state index in [1.54, 1.807) is 26.0 Å². The lowest BCUT2D eigenvalue weighted by molar-refractivity contribution is 0.0322. The molecule has 202 valence electrons. The van der Waals surface area contributed by atoms with Gasteiger partial charge in [-0.15, -0.1) is 0 Å². The van der Waals surface area contributed by atoms with Gasteiger partial charge in [-0.05, 0) is 36.2 Å². The van der Waals surface area contributed by atoms with Crippen LogP contribution in [0.2, 0.25) is 0 Å². The zero-order valence-corrected chi connectivity index (χ0v) is 22.1. The van der Waals surface area contributed by atoms with E-state index in [4.69, 9.17) is 25.8 Å². The summed E-state index contributed by atoms with van der Waals surface area (Å²) >= 11 is 1.51. The topological polar surface area (TPSA) is 106 Å². The highest BCUT2D eigenvalue weighted by Gasteiger charge is 2.14. The summed E-state index contributed by atoms with van der Waals surface area (Å²) < 4.78 is 58.7. The summed E-state index contributed by atoms with van der Waals surface area (Å²) in [4.78, 5) is 19.4. The first-order valence-electron chi connectivity index (χ1n) is 15.1. The number of benzene rings is 2. The number of hydrogen-bond donors (Lipinski definition) is 2. The number of hydrogen-bond acceptors (Lipinski definition) is 8. The normalized spacial score (nSPS) is 24.0. The molecule has 0 spiro atoms. The molecule has 11 heteroatoms. The van der Waals surface area contributed by atoms with E-state index in [1.807, 2.05) is 40.9 Å². The van der Waals surface area contributed by atoms with Gasteiger partial charge in [0.1, 0.15) is 12.4 Å². The Morgan fingerprint density at radius 2 is 2.00 bits per heavy atom. The van der Waals surface area contributed by atoms with Crippen molar-refractivity contribution >= 4 is 44.1 Å². The maximum atomic E-state index is 12.4. The monoisotopic (exact) mass is 551 g/mol. The van der Waals surface area contributed by atoms with Gasteiger partial charge < -0.3 is 19.3 Å². The Balaban J connectivity index is 1.07. The molecule has 5 aromatic rings. The standard InChI is InChI=1S/C28H30N6O4S/c1-18(2)22-16-26(38-32-22)31-27(35)29-20-5-3-19(4-6-20)23-17-34-24-8-7-21(15-25(24)39-28(34)30-23)37-14-11-33-9-12-36-13-10-33/h3-8,15-18H,9-14H2,1-2H3,(H2,29,31,35)/i9D,10D,12D,13D,18D. The number of morpholine rings is 1. The molecule has 6 rings (SSSR count). The van der Waals surface area contributed by atoms with Crippen LogP contribution in [-0.2, 0) is 4.74 Å². The maximum absolute atomic E-state index is 12.4. The van der Waals surface area contributed by atoms with Crippen molar-refractivity contribution in [2.45, 2.75) is 19.7 Å². The summed E-state index contributed by atoms with van der Waals surface area (Å²) in [6.45, 7) is -0.661. The second kappa shape index (κ2) is 11.0. The van der Waals surface area contributed by atoms with Gasteiger partial charge in [0.15, 0.2) is 4.96 Å². The Hall–Kier alpha value is -3.93. The lowest BCUT2D eigenvalue weighted by Crippen LogP contribution is -2.38. The van der Waals surface area contributed by atoms with Crippen molar-refractivity contribution in [1.82, 2.24) is 19.4 Å². The SMILES string of the molecule is [2H]C1OC([2H])C([2H])N(CCOc2ccc3c(c2)sc2nc(-c4ccc(NC(=O)Nc5cc(C([2H])(C)C)no5)cc4)cn23)C1[2H]. The number of carbonyl (C=O) groups excluding carboxylic acids is 1. The van der Waals surface area contributed by atoms with E-state index in [-0.39, 0.29) is 19.0 Å². The van der Waals surface area contributed by atoms with Crippen LogP contribution in [0.1, 0.15) is 32.3 Å². The van der Waals surface area contributed by atoms with Gasteiger partial charge in [-0.3, -0.25) is 14.6 Å². The molecule has 4 unspecified atom stereocenters. The van der Waals surface area contributed by atoms with E-state index < -0.39 is 38.1 Å². The third kappa shape index (κ3) is 5.75. The molecule has 1 aliphatic heterocycles. The van der Waals surface area contributed by atoms with Crippen LogP contribution in [0.5, 0.6) is 5.75 Å². The van der Waals surface area contributed by atoms with Crippen LogP contribution in [0.4, 0.5) is 16.4 Å². The molecule has 0 aliphatic carbocycles. The van der Waals surface area contributed by atoms with Gasteiger partial charge in [0.05, 0.1) is 37.5 Å². The number of nitrogens with one attached hydrogen (secondary N) is 2. The molecule has 1 fully saturated rings. The van der Waals surface area contributed by atoms with Crippen molar-refractivity contribution in [2.75, 3.05) is 50.0 Å². The van der Waals surface area contributed by atoms with Crippen LogP contribution in [-0.4, -0.2) is 64.8 Å². The Labute approximate surface area is 236 Å². The number of urea groups is 1. The second-order valence-corrected chi connectivity index (χ2v) is 10.0. The first kappa shape index (κ1) is 20.0. The number of aromatic nitrogens is 3. The lowest BCUT2D eigenvalue weighted by atomic mass is 10.1. The van der Waals surface area contributed by atoms with E-state index in [2.05, 4.69) is 15.8 Å². The van der Waals surface area contributed by atoms with Crippen LogP contribution >= 0.6 is 11.3 Å². The number of nitrogens with zero attached hydrogens (tertiary/aromatic N) is 4. The molecule has 2 aromatic carbocycles. The molecule has 1 saturated heterocycles. The number of rotatable bonds is 8. The highest BCUT2D eigenvalue weighted by Crippen LogP contribution is 2.32. The smallest absolute Gasteiger partial charge is 0.326 e. The minimum Gasteiger partial charge on any atom is -0.492 e. The molecular weight excluding hydrogens is 516 g/mol. The molecule has 0 saturated carbocycles. The quantitative estimate of drug-likeness (QED) is 0.255. The van der Waals surface area contributed by atoms with E-state index in [0.29, 0.717) is 17.1 Å². The van der Waals surface area contributed by atoms with Crippen molar-refractivity contribution in [3.8, 4) is 17.0 Å². The molecule has 3 aromatic heterocycles. The van der Waals surface area contributed by atoms with Gasteiger partial charge in [-0.2, -0.15) is 0 Å². The molecule has 4 atom stereocenters. The van der Waals surface area contributed by atoms with Gasteiger partial charge in [0, 0.05) is 47.2 Å². The first-order chi connectivity index (χ1) is 21.0. The van der Waals surface area contributed by atoms with Crippen LogP contribution in [0, 0.1) is 0 Å². The average molecular weight is 552 g/mol. The Morgan fingerprint density at radius 1 is 1.18 bits per heavy atom. The van der Waals surface area contributed by atoms with Crippen molar-refractivity contribution in [2.24, 2.45) is 0 Å². The molecule has 4 heterocycles. The molecule has 0 radical (unpaired) electrons. The summed E-state index contributed by atoms with van der Waals surface area (Å²) in [7, 11) is 0. The van der Waals surface area contributed by atoms with Gasteiger partial charge >= 0.3 is 6.03 Å². The van der Waals surface area contributed by atoms with E-state index >= 15 is 0 Å². The average Bonchev–Trinajstić information content (AvgIpc) is 3.69. The predicted octanol–water partition coefficient (Wildman–Crippen LogP) is 5.68. The van der Waals surface area contributed by atoms with Gasteiger partial charge in [0.25, 0.3) is 0 Å². The van der Waals surface area contributed by atoms with Gasteiger partial charge in [-0.25, -0.2) is 9.78 Å². The molecule has 39 heavy (non-hydrogen) atoms. The van der Waals surface area contributed by atoms with Crippen LogP contribution < -0.4 is 15.4 Å². The maximum Gasteiger partial charge on any atom is 0.326 e. The van der Waals surface area contributed by atoms with E-state index in [1.165, 1.54) is 22.3 Å². The van der Waals surface area contributed by atoms with Crippen LogP contribution in [0.3, 0.4) is 0 Å². The van der Waals surface area contributed by atoms with Crippen LogP contribution in [0.15, 0.2) is 59.3 Å². The summed E-state index contributed by atoms with van der Waals surface area (Å²) in [5, 5.41) is 9.14. The minimum absolute atomic E-state index is 0.155. The minimum atomic E-state index is -1.19. The van der Waals surface area contributed by atoms with Crippen molar-refractivity contribution in [3.05, 3.63) is 60.4 Å². The Kier molecular flexibility index (Phi) is 5.68. The van der Waals surface area contributed by atoms with Gasteiger partial charge in [0.2, 0.25) is 5.88 Å². The molecular formula is C28H30N6O4S. The highest BCUT2D eigenvalue weighted by atomic mass is 32.1. The zero-order chi connectivity index (χ0) is 31.2. The predicted molar refractivity (Wildman–Crippen MR) is 152 cm³/mol. The molecule has 2 N–H and O–H groups in total. The Bertz CT molecular complexity index is 1770. The second-order valence-electron chi connectivity index (χ2n) is 9.04. The summed E-state index contributed by atoms with van der Waals surface area (Å²) in [6.07, 6.45) is 1.95. The largest absolute Gasteiger partial charge is 0.492 e. The lowest BCUT2D eigenvalue weighted by Gasteiger charge is -2.26. The van der Waals surface area contributed by atoms with E-state index in [9.17, 15) is 4.79 Å². The summed E-state index contributed by atoms with van der Waals surface area (Å²) in [6, 6.07) is 14.0. The van der Waals surface area contributed by atoms with Crippen molar-refractivity contribution in [1.29, 1.82) is 0 Å². The number of imidazole rings is 1. The molecule has 2 amide bonds. The number of thiazole rings is 1. The third-order valence-electron chi connectivity index (χ3n) is 6.04. The van der Waals surface area contributed by atoms with E-state index in [0.717, 1.165) is 26.4 Å². The molecule has 1 aliphatic rings. The number of carbonyl (C=O) groups is 1. The fourth-order valence-electron chi connectivity index (χ4n) is 4.02. The fraction of sp³-hybridized carbons (Fsp3) is 0.321. The summed E-state index contributed by atoms with van der Waals surface area (Å²) in [5.74, 6) is -0.143. The molecule has 10 nitrogen and oxygen atoms in total. The van der Waals surface area contributed by atoms with Crippen molar-refractivity contribution in [3.63, 3.8) is 0 Å². The number of amides is 2. The third-order valence-corrected chi connectivity index (χ3v) is 7.06. The van der Waals surface area contributed by atoms with Gasteiger partial charge in [-0.1, -0.05) is 42.5 Å². The number of ether oxygens (including phenoxy) is 2. The van der Waals surface area contributed by atoms with Crippen LogP contribution in [0.25, 0.3) is 26.4 Å². The molecule has 0 bridgehead atoms. The summed E-state index contributed by atoms with van der Waals surface area (Å²) in [5.41, 5.74) is 3.62. The fourth-order valence-corrected chi connectivity index (χ4v) is 5.05. The zero-order valence-electron chi connectivity index (χ0n) is 26.2. The number of anilines is 2. The highest BCUT2D eigenvalue weighted by molar-refractivity contribution is 7.23. The first-order valence-corrected chi connectivity index (χ1v) is 13.1. The Morgan fingerprint density at radius 3 is 2.77 bits per heavy atom. The van der Waals surface area contributed by atoms with Crippen molar-refractivity contribution < 1.29 is 25.6 Å². The number of fused-ring (bicyclic) bond motifs is 3.